The van der Waals surface area contributed by atoms with Crippen LogP contribution >= 0.6 is 0 Å². The molecular weight excluding hydrogens is 366 g/mol. The zero-order valence-electron chi connectivity index (χ0n) is 16.1. The molecule has 0 radical (unpaired) electrons. The van der Waals surface area contributed by atoms with Gasteiger partial charge in [0.2, 0.25) is 11.8 Å². The molecule has 6 nitrogen and oxygen atoms in total. The number of amides is 3. The fourth-order valence-electron chi connectivity index (χ4n) is 3.08. The second-order valence-corrected chi connectivity index (χ2v) is 6.61. The Morgan fingerprint density at radius 3 is 2.55 bits per heavy atom. The molecule has 0 aromatic heterocycles. The van der Waals surface area contributed by atoms with Crippen molar-refractivity contribution >= 4 is 35.2 Å². The first-order valence-electron chi connectivity index (χ1n) is 9.46. The summed E-state index contributed by atoms with van der Waals surface area (Å²) in [5, 5.41) is 5.43. The topological polar surface area (TPSA) is 78.5 Å². The molecule has 2 N–H and O–H groups in total. The molecule has 0 saturated carbocycles. The minimum atomic E-state index is -0.340. The Morgan fingerprint density at radius 1 is 1.10 bits per heavy atom. The maximum Gasteiger partial charge on any atom is 0.253 e. The van der Waals surface area contributed by atoms with Crippen molar-refractivity contribution in [2.45, 2.75) is 12.8 Å². The molecule has 0 bridgehead atoms. The summed E-state index contributed by atoms with van der Waals surface area (Å²) in [5.41, 5.74) is 2.53. The highest BCUT2D eigenvalue weighted by molar-refractivity contribution is 6.07. The summed E-state index contributed by atoms with van der Waals surface area (Å²) in [5.74, 6) is -0.479. The van der Waals surface area contributed by atoms with Crippen LogP contribution in [-0.2, 0) is 9.59 Å². The third-order valence-corrected chi connectivity index (χ3v) is 4.54. The van der Waals surface area contributed by atoms with E-state index in [9.17, 15) is 14.4 Å². The summed E-state index contributed by atoms with van der Waals surface area (Å²) in [6.45, 7) is 4.66. The van der Waals surface area contributed by atoms with Crippen molar-refractivity contribution in [3.05, 3.63) is 78.4 Å². The molecular formula is C23H23N3O3. The monoisotopic (exact) mass is 389 g/mol. The second-order valence-electron chi connectivity index (χ2n) is 6.61. The van der Waals surface area contributed by atoms with Crippen LogP contribution in [0.4, 0.5) is 11.4 Å². The third-order valence-electron chi connectivity index (χ3n) is 4.54. The van der Waals surface area contributed by atoms with Crippen molar-refractivity contribution in [1.82, 2.24) is 5.32 Å². The maximum atomic E-state index is 12.3. The molecule has 0 spiro atoms. The standard InChI is InChI=1S/C23H23N3O3/c1-2-15-24-23(29)19-6-3-4-7-20(19)25-21(27)14-11-17-9-12-18(13-10-17)26-16-5-8-22(26)28/h2-4,6-7,9-14H,1,5,8,15-16H2,(H,24,29)(H,25,27)/b14-11+. The second kappa shape index (κ2) is 9.50. The largest absolute Gasteiger partial charge is 0.349 e. The highest BCUT2D eigenvalue weighted by Crippen LogP contribution is 2.22. The maximum absolute atomic E-state index is 12.3. The molecule has 0 atom stereocenters. The lowest BCUT2D eigenvalue weighted by Gasteiger charge is -2.15. The molecule has 2 aromatic carbocycles. The fourth-order valence-corrected chi connectivity index (χ4v) is 3.08. The SMILES string of the molecule is C=CCNC(=O)c1ccccc1NC(=O)/C=C/c1ccc(N2CCCC2=O)cc1. The van der Waals surface area contributed by atoms with E-state index in [1.165, 1.54) is 6.08 Å². The lowest BCUT2D eigenvalue weighted by molar-refractivity contribution is -0.117. The Kier molecular flexibility index (Phi) is 6.58. The van der Waals surface area contributed by atoms with Gasteiger partial charge >= 0.3 is 0 Å². The number of benzene rings is 2. The normalized spacial score (nSPS) is 13.5. The van der Waals surface area contributed by atoms with Gasteiger partial charge in [-0.2, -0.15) is 0 Å². The molecule has 6 heteroatoms. The molecule has 1 aliphatic heterocycles. The number of rotatable bonds is 7. The number of nitrogens with one attached hydrogen (secondary N) is 2. The van der Waals surface area contributed by atoms with Gasteiger partial charge in [-0.3, -0.25) is 14.4 Å². The average Bonchev–Trinajstić information content (AvgIpc) is 3.17. The summed E-state index contributed by atoms with van der Waals surface area (Å²) < 4.78 is 0. The van der Waals surface area contributed by atoms with Gasteiger partial charge < -0.3 is 15.5 Å². The van der Waals surface area contributed by atoms with E-state index in [4.69, 9.17) is 0 Å². The smallest absolute Gasteiger partial charge is 0.253 e. The zero-order chi connectivity index (χ0) is 20.6. The highest BCUT2D eigenvalue weighted by atomic mass is 16.2. The molecule has 148 valence electrons. The Balaban J connectivity index is 1.64. The van der Waals surface area contributed by atoms with Crippen LogP contribution < -0.4 is 15.5 Å². The Hall–Kier alpha value is -3.67. The van der Waals surface area contributed by atoms with Crippen LogP contribution in [0.5, 0.6) is 0 Å². The quantitative estimate of drug-likeness (QED) is 0.563. The number of hydrogen-bond acceptors (Lipinski definition) is 3. The summed E-state index contributed by atoms with van der Waals surface area (Å²) in [6, 6.07) is 14.3. The van der Waals surface area contributed by atoms with E-state index in [0.29, 0.717) is 24.2 Å². The summed E-state index contributed by atoms with van der Waals surface area (Å²) in [6.07, 6.45) is 6.16. The van der Waals surface area contributed by atoms with Crippen molar-refractivity contribution in [3.8, 4) is 0 Å². The van der Waals surface area contributed by atoms with E-state index in [1.54, 1.807) is 41.3 Å². The van der Waals surface area contributed by atoms with Crippen molar-refractivity contribution in [2.24, 2.45) is 0 Å². The first kappa shape index (κ1) is 20.1. The van der Waals surface area contributed by atoms with E-state index in [2.05, 4.69) is 17.2 Å². The van der Waals surface area contributed by atoms with Crippen LogP contribution in [-0.4, -0.2) is 30.8 Å². The number of carbonyl (C=O) groups is 3. The van der Waals surface area contributed by atoms with Gasteiger partial charge in [-0.1, -0.05) is 30.3 Å². The van der Waals surface area contributed by atoms with Crippen molar-refractivity contribution in [1.29, 1.82) is 0 Å². The number of anilines is 2. The zero-order valence-corrected chi connectivity index (χ0v) is 16.1. The van der Waals surface area contributed by atoms with Gasteiger partial charge in [0.15, 0.2) is 0 Å². The number of carbonyl (C=O) groups excluding carboxylic acids is 3. The van der Waals surface area contributed by atoms with Crippen LogP contribution in [0.25, 0.3) is 6.08 Å². The number of para-hydroxylation sites is 1. The minimum absolute atomic E-state index is 0.142. The van der Waals surface area contributed by atoms with Gasteiger partial charge in [0.05, 0.1) is 11.3 Å². The Morgan fingerprint density at radius 2 is 1.86 bits per heavy atom. The molecule has 1 fully saturated rings. The molecule has 1 aliphatic rings. The Labute approximate surface area is 169 Å². The van der Waals surface area contributed by atoms with Crippen molar-refractivity contribution in [3.63, 3.8) is 0 Å². The molecule has 0 unspecified atom stereocenters. The van der Waals surface area contributed by atoms with Crippen LogP contribution in [0, 0.1) is 0 Å². The van der Waals surface area contributed by atoms with Crippen LogP contribution in [0.1, 0.15) is 28.8 Å². The molecule has 1 saturated heterocycles. The van der Waals surface area contributed by atoms with E-state index in [1.807, 2.05) is 24.3 Å². The van der Waals surface area contributed by atoms with Gasteiger partial charge in [-0.05, 0) is 42.3 Å². The van der Waals surface area contributed by atoms with Crippen LogP contribution in [0.15, 0.2) is 67.3 Å². The van der Waals surface area contributed by atoms with E-state index in [0.717, 1.165) is 24.2 Å². The van der Waals surface area contributed by atoms with Crippen molar-refractivity contribution in [2.75, 3.05) is 23.3 Å². The van der Waals surface area contributed by atoms with Crippen molar-refractivity contribution < 1.29 is 14.4 Å². The predicted molar refractivity (Wildman–Crippen MR) is 115 cm³/mol. The fraction of sp³-hybridized carbons (Fsp3) is 0.174. The number of hydrogen-bond donors (Lipinski definition) is 2. The van der Waals surface area contributed by atoms with E-state index < -0.39 is 0 Å². The lowest BCUT2D eigenvalue weighted by Crippen LogP contribution is -2.24. The molecule has 2 aromatic rings. The summed E-state index contributed by atoms with van der Waals surface area (Å²) >= 11 is 0. The first-order chi connectivity index (χ1) is 14.1. The Bertz CT molecular complexity index is 948. The molecule has 3 amide bonds. The summed E-state index contributed by atoms with van der Waals surface area (Å²) in [7, 11) is 0. The molecule has 29 heavy (non-hydrogen) atoms. The van der Waals surface area contributed by atoms with Gasteiger partial charge in [0.25, 0.3) is 5.91 Å². The molecule has 1 heterocycles. The third kappa shape index (κ3) is 5.19. The predicted octanol–water partition coefficient (Wildman–Crippen LogP) is 3.38. The van der Waals surface area contributed by atoms with Crippen LogP contribution in [0.2, 0.25) is 0 Å². The van der Waals surface area contributed by atoms with Crippen LogP contribution in [0.3, 0.4) is 0 Å². The lowest BCUT2D eigenvalue weighted by atomic mass is 10.1. The van der Waals surface area contributed by atoms with E-state index in [-0.39, 0.29) is 17.7 Å². The molecule has 3 rings (SSSR count). The van der Waals surface area contributed by atoms with Gasteiger partial charge in [-0.25, -0.2) is 0 Å². The summed E-state index contributed by atoms with van der Waals surface area (Å²) in [4.78, 5) is 38.1. The van der Waals surface area contributed by atoms with Gasteiger partial charge in [0, 0.05) is 31.3 Å². The van der Waals surface area contributed by atoms with E-state index >= 15 is 0 Å². The molecule has 0 aliphatic carbocycles. The minimum Gasteiger partial charge on any atom is -0.349 e. The highest BCUT2D eigenvalue weighted by Gasteiger charge is 2.21. The average molecular weight is 389 g/mol. The van der Waals surface area contributed by atoms with Gasteiger partial charge in [0.1, 0.15) is 0 Å². The first-order valence-corrected chi connectivity index (χ1v) is 9.46. The van der Waals surface area contributed by atoms with Gasteiger partial charge in [-0.15, -0.1) is 6.58 Å². The number of nitrogens with zero attached hydrogens (tertiary/aromatic N) is 1.